The van der Waals surface area contributed by atoms with Crippen molar-refractivity contribution in [2.45, 2.75) is 25.6 Å². The number of hydrogen-bond acceptors (Lipinski definition) is 4. The molecule has 26 heavy (non-hydrogen) atoms. The SMILES string of the molecule is c1ccc(CN2CCCOC(CNCc3ccc4cn[nH]c4c3)C2)cc1. The molecule has 0 amide bonds. The molecule has 0 bridgehead atoms. The van der Waals surface area contributed by atoms with Gasteiger partial charge in [-0.15, -0.1) is 0 Å². The summed E-state index contributed by atoms with van der Waals surface area (Å²) < 4.78 is 6.05. The van der Waals surface area contributed by atoms with Crippen molar-refractivity contribution in [3.8, 4) is 0 Å². The quantitative estimate of drug-likeness (QED) is 0.718. The monoisotopic (exact) mass is 350 g/mol. The van der Waals surface area contributed by atoms with Gasteiger partial charge in [0, 0.05) is 44.7 Å². The number of rotatable bonds is 6. The van der Waals surface area contributed by atoms with Crippen LogP contribution in [-0.2, 0) is 17.8 Å². The third kappa shape index (κ3) is 4.49. The molecule has 0 aliphatic carbocycles. The van der Waals surface area contributed by atoms with Crippen LogP contribution in [0.4, 0.5) is 0 Å². The van der Waals surface area contributed by atoms with Gasteiger partial charge in [0.2, 0.25) is 0 Å². The lowest BCUT2D eigenvalue weighted by atomic mass is 10.1. The molecule has 0 spiro atoms. The molecule has 5 nitrogen and oxygen atoms in total. The Morgan fingerprint density at radius 2 is 2.08 bits per heavy atom. The summed E-state index contributed by atoms with van der Waals surface area (Å²) in [6, 6.07) is 17.1. The minimum atomic E-state index is 0.233. The van der Waals surface area contributed by atoms with E-state index in [1.807, 2.05) is 6.20 Å². The molecule has 0 radical (unpaired) electrons. The largest absolute Gasteiger partial charge is 0.376 e. The second-order valence-electron chi connectivity index (χ2n) is 6.99. The molecule has 1 aromatic heterocycles. The second kappa shape index (κ2) is 8.45. The molecule has 1 saturated heterocycles. The highest BCUT2D eigenvalue weighted by Crippen LogP contribution is 2.13. The number of hydrogen-bond donors (Lipinski definition) is 2. The Labute approximate surface area is 154 Å². The molecule has 2 aromatic carbocycles. The van der Waals surface area contributed by atoms with Gasteiger partial charge in [0.05, 0.1) is 17.8 Å². The van der Waals surface area contributed by atoms with Crippen LogP contribution in [0, 0.1) is 0 Å². The van der Waals surface area contributed by atoms with Gasteiger partial charge in [0.1, 0.15) is 0 Å². The fourth-order valence-corrected chi connectivity index (χ4v) is 3.55. The lowest BCUT2D eigenvalue weighted by Gasteiger charge is -2.24. The Morgan fingerprint density at radius 1 is 1.15 bits per heavy atom. The maximum atomic E-state index is 6.05. The number of nitrogens with zero attached hydrogens (tertiary/aromatic N) is 2. The molecule has 1 unspecified atom stereocenters. The average molecular weight is 350 g/mol. The topological polar surface area (TPSA) is 53.2 Å². The number of ether oxygens (including phenoxy) is 1. The van der Waals surface area contributed by atoms with Crippen molar-refractivity contribution in [1.82, 2.24) is 20.4 Å². The van der Waals surface area contributed by atoms with E-state index in [2.05, 4.69) is 68.9 Å². The van der Waals surface area contributed by atoms with Gasteiger partial charge in [-0.1, -0.05) is 42.5 Å². The maximum Gasteiger partial charge on any atom is 0.0826 e. The number of nitrogens with one attached hydrogen (secondary N) is 2. The van der Waals surface area contributed by atoms with E-state index >= 15 is 0 Å². The molecule has 3 aromatic rings. The van der Waals surface area contributed by atoms with E-state index in [0.29, 0.717) is 0 Å². The van der Waals surface area contributed by atoms with Gasteiger partial charge in [0.25, 0.3) is 0 Å². The number of benzene rings is 2. The minimum Gasteiger partial charge on any atom is -0.376 e. The Morgan fingerprint density at radius 3 is 3.00 bits per heavy atom. The van der Waals surface area contributed by atoms with E-state index in [-0.39, 0.29) is 6.10 Å². The molecule has 2 N–H and O–H groups in total. The molecule has 0 saturated carbocycles. The van der Waals surface area contributed by atoms with Crippen molar-refractivity contribution in [2.24, 2.45) is 0 Å². The Hall–Kier alpha value is -2.21. The van der Waals surface area contributed by atoms with E-state index in [9.17, 15) is 0 Å². The number of aromatic amines is 1. The molecular formula is C21H26N4O. The van der Waals surface area contributed by atoms with Gasteiger partial charge in [-0.25, -0.2) is 0 Å². The summed E-state index contributed by atoms with van der Waals surface area (Å²) in [5.74, 6) is 0. The number of aromatic nitrogens is 2. The van der Waals surface area contributed by atoms with Crippen LogP contribution in [0.5, 0.6) is 0 Å². The smallest absolute Gasteiger partial charge is 0.0826 e. The normalized spacial score (nSPS) is 18.8. The van der Waals surface area contributed by atoms with Crippen LogP contribution < -0.4 is 5.32 Å². The lowest BCUT2D eigenvalue weighted by Crippen LogP contribution is -2.37. The standard InChI is InChI=1S/C21H26N4O/c1-2-5-17(6-3-1)15-25-9-4-10-26-20(16-25)14-22-12-18-7-8-19-13-23-24-21(19)11-18/h1-3,5-8,11,13,20,22H,4,9-10,12,14-16H2,(H,23,24). The molecule has 4 rings (SSSR count). The predicted octanol–water partition coefficient (Wildman–Crippen LogP) is 2.94. The Balaban J connectivity index is 1.29. The summed E-state index contributed by atoms with van der Waals surface area (Å²) in [5.41, 5.74) is 3.72. The van der Waals surface area contributed by atoms with Gasteiger partial charge >= 0.3 is 0 Å². The van der Waals surface area contributed by atoms with E-state index in [1.165, 1.54) is 11.1 Å². The maximum absolute atomic E-state index is 6.05. The van der Waals surface area contributed by atoms with Crippen molar-refractivity contribution in [3.05, 3.63) is 65.9 Å². The zero-order chi connectivity index (χ0) is 17.6. The van der Waals surface area contributed by atoms with Crippen molar-refractivity contribution >= 4 is 10.9 Å². The molecule has 1 fully saturated rings. The van der Waals surface area contributed by atoms with E-state index < -0.39 is 0 Å². The first-order chi connectivity index (χ1) is 12.9. The van der Waals surface area contributed by atoms with Crippen LogP contribution in [-0.4, -0.2) is 47.4 Å². The molecule has 1 atom stereocenters. The lowest BCUT2D eigenvalue weighted by molar-refractivity contribution is 0.0533. The molecule has 2 heterocycles. The van der Waals surface area contributed by atoms with Gasteiger partial charge in [0.15, 0.2) is 0 Å². The first-order valence-corrected chi connectivity index (χ1v) is 9.37. The predicted molar refractivity (Wildman–Crippen MR) is 104 cm³/mol. The first kappa shape index (κ1) is 17.2. The van der Waals surface area contributed by atoms with Crippen molar-refractivity contribution in [3.63, 3.8) is 0 Å². The third-order valence-electron chi connectivity index (χ3n) is 4.89. The summed E-state index contributed by atoms with van der Waals surface area (Å²) in [7, 11) is 0. The zero-order valence-corrected chi connectivity index (χ0v) is 15.0. The summed E-state index contributed by atoms with van der Waals surface area (Å²) in [4.78, 5) is 2.51. The Kier molecular flexibility index (Phi) is 5.59. The van der Waals surface area contributed by atoms with E-state index in [0.717, 1.165) is 56.7 Å². The van der Waals surface area contributed by atoms with Gasteiger partial charge in [-0.05, 0) is 23.6 Å². The van der Waals surface area contributed by atoms with Crippen molar-refractivity contribution in [1.29, 1.82) is 0 Å². The van der Waals surface area contributed by atoms with Crippen LogP contribution in [0.3, 0.4) is 0 Å². The van der Waals surface area contributed by atoms with Crippen molar-refractivity contribution < 1.29 is 4.74 Å². The second-order valence-corrected chi connectivity index (χ2v) is 6.99. The zero-order valence-electron chi connectivity index (χ0n) is 15.0. The minimum absolute atomic E-state index is 0.233. The van der Waals surface area contributed by atoms with Crippen LogP contribution in [0.2, 0.25) is 0 Å². The van der Waals surface area contributed by atoms with Gasteiger partial charge in [-0.2, -0.15) is 5.10 Å². The van der Waals surface area contributed by atoms with Crippen LogP contribution in [0.1, 0.15) is 17.5 Å². The van der Waals surface area contributed by atoms with Crippen LogP contribution in [0.15, 0.2) is 54.7 Å². The Bertz CT molecular complexity index is 817. The van der Waals surface area contributed by atoms with Crippen LogP contribution >= 0.6 is 0 Å². The first-order valence-electron chi connectivity index (χ1n) is 9.37. The summed E-state index contributed by atoms with van der Waals surface area (Å²) in [5, 5.41) is 11.8. The number of fused-ring (bicyclic) bond motifs is 1. The summed E-state index contributed by atoms with van der Waals surface area (Å²) in [6.45, 7) is 5.62. The highest BCUT2D eigenvalue weighted by molar-refractivity contribution is 5.78. The summed E-state index contributed by atoms with van der Waals surface area (Å²) in [6.07, 6.45) is 3.18. The third-order valence-corrected chi connectivity index (χ3v) is 4.89. The fourth-order valence-electron chi connectivity index (χ4n) is 3.55. The van der Waals surface area contributed by atoms with Gasteiger partial charge < -0.3 is 10.1 Å². The molecular weight excluding hydrogens is 324 g/mol. The molecule has 136 valence electrons. The van der Waals surface area contributed by atoms with Crippen LogP contribution in [0.25, 0.3) is 10.9 Å². The molecule has 1 aliphatic heterocycles. The summed E-state index contributed by atoms with van der Waals surface area (Å²) >= 11 is 0. The van der Waals surface area contributed by atoms with E-state index in [1.54, 1.807) is 0 Å². The van der Waals surface area contributed by atoms with Gasteiger partial charge in [-0.3, -0.25) is 10.00 Å². The molecule has 5 heteroatoms. The molecule has 1 aliphatic rings. The van der Waals surface area contributed by atoms with E-state index in [4.69, 9.17) is 4.74 Å². The highest BCUT2D eigenvalue weighted by atomic mass is 16.5. The fraction of sp³-hybridized carbons (Fsp3) is 0.381. The number of H-pyrrole nitrogens is 1. The van der Waals surface area contributed by atoms with Crippen molar-refractivity contribution in [2.75, 3.05) is 26.2 Å². The highest BCUT2D eigenvalue weighted by Gasteiger charge is 2.18. The average Bonchev–Trinajstić information content (AvgIpc) is 3.02.